The first kappa shape index (κ1) is 28.0. The van der Waals surface area contributed by atoms with E-state index >= 15 is 0 Å². The summed E-state index contributed by atoms with van der Waals surface area (Å²) in [6, 6.07) is 0.171. The topological polar surface area (TPSA) is 74.8 Å². The molecule has 8 rings (SSSR count). The lowest BCUT2D eigenvalue weighted by atomic mass is 9.75. The quantitative estimate of drug-likeness (QED) is 0.251. The van der Waals surface area contributed by atoms with Crippen molar-refractivity contribution in [1.82, 2.24) is 9.80 Å². The zero-order valence-corrected chi connectivity index (χ0v) is 25.8. The van der Waals surface area contributed by atoms with Gasteiger partial charge in [0.25, 0.3) is 0 Å². The Morgan fingerprint density at radius 3 is 1.58 bits per heavy atom. The molecule has 0 spiro atoms. The Kier molecular flexibility index (Phi) is 6.87. The van der Waals surface area contributed by atoms with Crippen molar-refractivity contribution in [1.29, 1.82) is 0 Å². The average Bonchev–Trinajstić information content (AvgIpc) is 3.83. The minimum absolute atomic E-state index is 0.0773. The van der Waals surface area contributed by atoms with Gasteiger partial charge in [0, 0.05) is 12.1 Å². The van der Waals surface area contributed by atoms with Gasteiger partial charge in [0.1, 0.15) is 0 Å². The number of nitrogens with zero attached hydrogens (tertiary/aromatic N) is 2. The van der Waals surface area contributed by atoms with Crippen LogP contribution in [0.1, 0.15) is 96.8 Å². The Morgan fingerprint density at radius 1 is 0.674 bits per heavy atom. The minimum atomic E-state index is -0.121. The Hall–Kier alpha value is -2.50. The average molecular weight is 585 g/mol. The molecule has 6 nitrogen and oxygen atoms in total. The molecule has 0 aromatic rings. The highest BCUT2D eigenvalue weighted by atomic mass is 16.2. The Bertz CT molecular complexity index is 1300. The number of imide groups is 2. The monoisotopic (exact) mass is 584 g/mol. The summed E-state index contributed by atoms with van der Waals surface area (Å²) in [6.45, 7) is 6.08. The van der Waals surface area contributed by atoms with Gasteiger partial charge in [-0.25, -0.2) is 0 Å². The van der Waals surface area contributed by atoms with Gasteiger partial charge < -0.3 is 0 Å². The third-order valence-electron chi connectivity index (χ3n) is 13.5. The summed E-state index contributed by atoms with van der Waals surface area (Å²) in [4.78, 5) is 57.6. The number of rotatable bonds is 8. The van der Waals surface area contributed by atoms with Crippen LogP contribution in [0.2, 0.25) is 0 Å². The van der Waals surface area contributed by atoms with Crippen LogP contribution in [0.3, 0.4) is 0 Å². The van der Waals surface area contributed by atoms with Crippen molar-refractivity contribution in [3.63, 3.8) is 0 Å². The Labute approximate surface area is 256 Å². The molecule has 0 aromatic carbocycles. The van der Waals surface area contributed by atoms with Crippen LogP contribution in [0, 0.1) is 59.2 Å². The van der Waals surface area contributed by atoms with E-state index < -0.39 is 0 Å². The molecule has 2 saturated heterocycles. The van der Waals surface area contributed by atoms with Crippen LogP contribution in [0.4, 0.5) is 0 Å². The van der Waals surface area contributed by atoms with Crippen LogP contribution < -0.4 is 0 Å². The maximum Gasteiger partial charge on any atom is 0.233 e. The number of hydrogen-bond donors (Lipinski definition) is 0. The van der Waals surface area contributed by atoms with Gasteiger partial charge in [-0.05, 0) is 119 Å². The molecular weight excluding hydrogens is 536 g/mol. The van der Waals surface area contributed by atoms with E-state index in [0.29, 0.717) is 17.8 Å². The molecule has 8 aliphatic rings. The maximum atomic E-state index is 13.6. The molecule has 0 N–H and O–H groups in total. The number of carbonyl (C=O) groups is 4. The standard InChI is InChI=1S/C37H48N2O4/c1-3-5-22-16-24-18-28(22)32-30(24)34(40)38(36(32)42)26-11-7-20(8-12-26)15-21-9-13-27(14-10-21)39-35(41)31-25-17-23(6-4-2)29(19-25)33(31)37(39)43/h3,16-17,20-21,24-33H,1,4-15,18-19H2,2H3. The van der Waals surface area contributed by atoms with Crippen LogP contribution in [-0.2, 0) is 19.2 Å². The normalized spacial score (nSPS) is 44.8. The summed E-state index contributed by atoms with van der Waals surface area (Å²) in [5.41, 5.74) is 2.77. The lowest BCUT2D eigenvalue weighted by Crippen LogP contribution is -2.44. The molecule has 2 aliphatic heterocycles. The Balaban J connectivity index is 0.825. The predicted molar refractivity (Wildman–Crippen MR) is 163 cm³/mol. The lowest BCUT2D eigenvalue weighted by Gasteiger charge is -2.38. The van der Waals surface area contributed by atoms with Crippen molar-refractivity contribution in [2.75, 3.05) is 0 Å². The van der Waals surface area contributed by atoms with E-state index in [4.69, 9.17) is 0 Å². The third kappa shape index (κ3) is 4.16. The van der Waals surface area contributed by atoms with Gasteiger partial charge in [-0.2, -0.15) is 0 Å². The molecule has 6 fully saturated rings. The van der Waals surface area contributed by atoms with Crippen molar-refractivity contribution in [3.05, 3.63) is 36.0 Å². The fourth-order valence-corrected chi connectivity index (χ4v) is 11.7. The molecular formula is C37H48N2O4. The largest absolute Gasteiger partial charge is 0.279 e. The van der Waals surface area contributed by atoms with Crippen molar-refractivity contribution < 1.29 is 19.2 Å². The second kappa shape index (κ2) is 10.5. The van der Waals surface area contributed by atoms with Gasteiger partial charge in [0.05, 0.1) is 23.7 Å². The van der Waals surface area contributed by atoms with E-state index in [2.05, 4.69) is 25.7 Å². The first-order valence-electron chi connectivity index (χ1n) is 17.6. The fraction of sp³-hybridized carbons (Fsp3) is 0.730. The van der Waals surface area contributed by atoms with E-state index in [-0.39, 0.29) is 77.1 Å². The second-order valence-corrected chi connectivity index (χ2v) is 15.5. The van der Waals surface area contributed by atoms with Crippen LogP contribution >= 0.6 is 0 Å². The van der Waals surface area contributed by atoms with E-state index in [9.17, 15) is 19.2 Å². The molecule has 4 saturated carbocycles. The SMILES string of the molecule is C=CCC1=CC2CC1C1C(=O)N(C3CCC(CC4CCC(N5C(=O)C6C7C=C(CCC)C(C7)C6C5=O)CC4)CC3)C(=O)C21. The zero-order valence-electron chi connectivity index (χ0n) is 25.8. The van der Waals surface area contributed by atoms with Crippen LogP contribution in [0.15, 0.2) is 36.0 Å². The highest BCUT2D eigenvalue weighted by Gasteiger charge is 2.63. The summed E-state index contributed by atoms with van der Waals surface area (Å²) in [6.07, 6.45) is 20.9. The molecule has 43 heavy (non-hydrogen) atoms. The van der Waals surface area contributed by atoms with E-state index in [1.807, 2.05) is 6.08 Å². The fourth-order valence-electron chi connectivity index (χ4n) is 11.7. The number of carbonyl (C=O) groups excluding carboxylic acids is 4. The number of allylic oxidation sites excluding steroid dienone is 5. The van der Waals surface area contributed by atoms with Crippen molar-refractivity contribution in [2.24, 2.45) is 59.2 Å². The molecule has 0 aromatic heterocycles. The van der Waals surface area contributed by atoms with Crippen LogP contribution in [0.25, 0.3) is 0 Å². The first-order chi connectivity index (χ1) is 20.9. The summed E-state index contributed by atoms with van der Waals surface area (Å²) in [7, 11) is 0. The number of hydrogen-bond acceptors (Lipinski definition) is 4. The smallest absolute Gasteiger partial charge is 0.233 e. The van der Waals surface area contributed by atoms with Crippen LogP contribution in [-0.4, -0.2) is 45.5 Å². The molecule has 4 bridgehead atoms. The zero-order chi connectivity index (χ0) is 29.6. The van der Waals surface area contributed by atoms with Crippen molar-refractivity contribution >= 4 is 23.6 Å². The van der Waals surface area contributed by atoms with Gasteiger partial charge in [0.15, 0.2) is 0 Å². The summed E-state index contributed by atoms with van der Waals surface area (Å²) >= 11 is 0. The van der Waals surface area contributed by atoms with Gasteiger partial charge in [-0.1, -0.05) is 42.7 Å². The molecule has 0 radical (unpaired) electrons. The number of fused-ring (bicyclic) bond motifs is 10. The van der Waals surface area contributed by atoms with Crippen molar-refractivity contribution in [2.45, 2.75) is 109 Å². The predicted octanol–water partition coefficient (Wildman–Crippen LogP) is 6.22. The van der Waals surface area contributed by atoms with E-state index in [0.717, 1.165) is 83.5 Å². The lowest BCUT2D eigenvalue weighted by molar-refractivity contribution is -0.145. The highest BCUT2D eigenvalue weighted by Crippen LogP contribution is 2.58. The Morgan fingerprint density at radius 2 is 1.12 bits per heavy atom. The first-order valence-corrected chi connectivity index (χ1v) is 17.6. The molecule has 6 aliphatic carbocycles. The molecule has 230 valence electrons. The van der Waals surface area contributed by atoms with Gasteiger partial charge >= 0.3 is 0 Å². The van der Waals surface area contributed by atoms with E-state index in [1.165, 1.54) is 17.6 Å². The van der Waals surface area contributed by atoms with Crippen LogP contribution in [0.5, 0.6) is 0 Å². The van der Waals surface area contributed by atoms with Gasteiger partial charge in [-0.3, -0.25) is 29.0 Å². The van der Waals surface area contributed by atoms with Crippen molar-refractivity contribution in [3.8, 4) is 0 Å². The molecule has 2 heterocycles. The number of likely N-dealkylation sites (tertiary alicyclic amines) is 2. The minimum Gasteiger partial charge on any atom is -0.279 e. The maximum absolute atomic E-state index is 13.6. The number of amides is 4. The molecule has 6 heteroatoms. The van der Waals surface area contributed by atoms with Gasteiger partial charge in [-0.15, -0.1) is 6.58 Å². The molecule has 4 amide bonds. The molecule has 8 atom stereocenters. The summed E-state index contributed by atoms with van der Waals surface area (Å²) in [5.74, 6) is 2.49. The third-order valence-corrected chi connectivity index (χ3v) is 13.5. The van der Waals surface area contributed by atoms with E-state index in [1.54, 1.807) is 9.80 Å². The summed E-state index contributed by atoms with van der Waals surface area (Å²) < 4.78 is 0. The highest BCUT2D eigenvalue weighted by molar-refractivity contribution is 6.07. The van der Waals surface area contributed by atoms with Gasteiger partial charge in [0.2, 0.25) is 23.6 Å². The summed E-state index contributed by atoms with van der Waals surface area (Å²) in [5, 5.41) is 0. The second-order valence-electron chi connectivity index (χ2n) is 15.5. The molecule has 8 unspecified atom stereocenters.